The molecule has 0 radical (unpaired) electrons. The molecule has 0 bridgehead atoms. The van der Waals surface area contributed by atoms with Crippen molar-refractivity contribution in [2.45, 2.75) is 58.1 Å². The number of anilines is 1. The average Bonchev–Trinajstić information content (AvgIpc) is 3.29. The predicted octanol–water partition coefficient (Wildman–Crippen LogP) is 5.81. The highest BCUT2D eigenvalue weighted by Gasteiger charge is 2.30. The lowest BCUT2D eigenvalue weighted by Crippen LogP contribution is -2.37. The van der Waals surface area contributed by atoms with Gasteiger partial charge in [-0.3, -0.25) is 4.40 Å². The smallest absolute Gasteiger partial charge is 0.150 e. The largest absolute Gasteiger partial charge is 0.489 e. The van der Waals surface area contributed by atoms with Gasteiger partial charge in [0, 0.05) is 29.9 Å². The fourth-order valence-corrected chi connectivity index (χ4v) is 5.36. The fraction of sp³-hybridized carbons (Fsp3) is 0.379. The SMILES string of the molecule is CC(C)C(N)C1CCC(c2nc(-c3cccc(OCc4ccccc4)c3)c3c(N)nccn23)CC1. The normalized spacial score (nSPS) is 19.2. The number of ether oxygens (including phenoxy) is 1. The number of aromatic nitrogens is 3. The molecule has 1 aliphatic rings. The molecule has 1 saturated carbocycles. The van der Waals surface area contributed by atoms with Gasteiger partial charge in [-0.25, -0.2) is 9.97 Å². The van der Waals surface area contributed by atoms with Gasteiger partial charge in [0.2, 0.25) is 0 Å². The Bertz CT molecular complexity index is 1270. The summed E-state index contributed by atoms with van der Waals surface area (Å²) in [7, 11) is 0. The number of rotatable bonds is 7. The monoisotopic (exact) mass is 469 g/mol. The van der Waals surface area contributed by atoms with Gasteiger partial charge in [0.25, 0.3) is 0 Å². The van der Waals surface area contributed by atoms with E-state index in [-0.39, 0.29) is 6.04 Å². The summed E-state index contributed by atoms with van der Waals surface area (Å²) in [5.41, 5.74) is 16.7. The number of nitrogen functional groups attached to an aromatic ring is 1. The van der Waals surface area contributed by atoms with Crippen LogP contribution < -0.4 is 16.2 Å². The van der Waals surface area contributed by atoms with Crippen molar-refractivity contribution in [3.05, 3.63) is 78.4 Å². The zero-order valence-electron chi connectivity index (χ0n) is 20.6. The van der Waals surface area contributed by atoms with Gasteiger partial charge >= 0.3 is 0 Å². The molecule has 4 N–H and O–H groups in total. The third-order valence-corrected chi connectivity index (χ3v) is 7.42. The van der Waals surface area contributed by atoms with Gasteiger partial charge in [-0.1, -0.05) is 56.3 Å². The summed E-state index contributed by atoms with van der Waals surface area (Å²) < 4.78 is 8.22. The minimum absolute atomic E-state index is 0.266. The molecule has 1 unspecified atom stereocenters. The molecule has 1 atom stereocenters. The maximum atomic E-state index is 6.48. The molecule has 6 nitrogen and oxygen atoms in total. The van der Waals surface area contributed by atoms with Crippen LogP contribution in [0.2, 0.25) is 0 Å². The van der Waals surface area contributed by atoms with Crippen LogP contribution in [0.25, 0.3) is 16.8 Å². The van der Waals surface area contributed by atoms with E-state index in [2.05, 4.69) is 41.4 Å². The third kappa shape index (κ3) is 4.89. The Labute approximate surface area is 207 Å². The van der Waals surface area contributed by atoms with Crippen LogP contribution in [0.1, 0.15) is 56.8 Å². The van der Waals surface area contributed by atoms with Crippen LogP contribution in [0.3, 0.4) is 0 Å². The van der Waals surface area contributed by atoms with Crippen LogP contribution in [0.15, 0.2) is 67.0 Å². The summed E-state index contributed by atoms with van der Waals surface area (Å²) in [6.45, 7) is 4.96. The lowest BCUT2D eigenvalue weighted by molar-refractivity contribution is 0.242. The second-order valence-electron chi connectivity index (χ2n) is 10.1. The van der Waals surface area contributed by atoms with Crippen molar-refractivity contribution in [3.8, 4) is 17.0 Å². The molecule has 0 aliphatic heterocycles. The highest BCUT2D eigenvalue weighted by Crippen LogP contribution is 2.40. The summed E-state index contributed by atoms with van der Waals surface area (Å²) in [5.74, 6) is 3.84. The molecule has 2 aromatic carbocycles. The van der Waals surface area contributed by atoms with Crippen molar-refractivity contribution in [3.63, 3.8) is 0 Å². The number of benzene rings is 2. The summed E-state index contributed by atoms with van der Waals surface area (Å²) in [6.07, 6.45) is 8.20. The standard InChI is InChI=1S/C29H35N5O/c1-19(2)25(30)21-11-13-22(14-12-21)29-33-26(27-28(31)32-15-16-34(27)29)23-9-6-10-24(17-23)35-18-20-7-4-3-5-8-20/h3-10,15-17,19,21-22,25H,11-14,18,30H2,1-2H3,(H2,31,32). The average molecular weight is 470 g/mol. The van der Waals surface area contributed by atoms with E-state index in [1.165, 1.54) is 0 Å². The number of nitrogens with zero attached hydrogens (tertiary/aromatic N) is 3. The molecule has 6 heteroatoms. The lowest BCUT2D eigenvalue weighted by atomic mass is 9.76. The third-order valence-electron chi connectivity index (χ3n) is 7.42. The maximum absolute atomic E-state index is 6.48. The highest BCUT2D eigenvalue weighted by atomic mass is 16.5. The number of fused-ring (bicyclic) bond motifs is 1. The van der Waals surface area contributed by atoms with Gasteiger partial charge in [-0.05, 0) is 55.2 Å². The Balaban J connectivity index is 1.43. The zero-order chi connectivity index (χ0) is 24.4. The van der Waals surface area contributed by atoms with Gasteiger partial charge in [0.15, 0.2) is 0 Å². The van der Waals surface area contributed by atoms with Gasteiger partial charge in [0.05, 0.1) is 0 Å². The first-order valence-corrected chi connectivity index (χ1v) is 12.7. The van der Waals surface area contributed by atoms with Crippen LogP contribution >= 0.6 is 0 Å². The molecular formula is C29H35N5O. The predicted molar refractivity (Wildman–Crippen MR) is 141 cm³/mol. The van der Waals surface area contributed by atoms with E-state index in [1.54, 1.807) is 6.20 Å². The Morgan fingerprint density at radius 1 is 1.03 bits per heavy atom. The van der Waals surface area contributed by atoms with E-state index in [1.807, 2.05) is 42.6 Å². The quantitative estimate of drug-likeness (QED) is 0.356. The molecule has 35 heavy (non-hydrogen) atoms. The molecule has 0 amide bonds. The number of nitrogens with two attached hydrogens (primary N) is 2. The van der Waals surface area contributed by atoms with Crippen LogP contribution in [0, 0.1) is 11.8 Å². The molecule has 2 aromatic heterocycles. The lowest BCUT2D eigenvalue weighted by Gasteiger charge is -2.33. The van der Waals surface area contributed by atoms with Gasteiger partial charge in [0.1, 0.15) is 35.2 Å². The van der Waals surface area contributed by atoms with Crippen LogP contribution in [0.5, 0.6) is 5.75 Å². The van der Waals surface area contributed by atoms with Crippen molar-refractivity contribution in [1.82, 2.24) is 14.4 Å². The second kappa shape index (κ2) is 10.1. The van der Waals surface area contributed by atoms with E-state index in [4.69, 9.17) is 21.2 Å². The Kier molecular flexibility index (Phi) is 6.73. The molecule has 1 fully saturated rings. The fourth-order valence-electron chi connectivity index (χ4n) is 5.36. The second-order valence-corrected chi connectivity index (χ2v) is 10.1. The molecule has 5 rings (SSSR count). The minimum Gasteiger partial charge on any atom is -0.489 e. The van der Waals surface area contributed by atoms with E-state index in [9.17, 15) is 0 Å². The van der Waals surface area contributed by atoms with E-state index < -0.39 is 0 Å². The van der Waals surface area contributed by atoms with Gasteiger partial charge < -0.3 is 16.2 Å². The summed E-state index contributed by atoms with van der Waals surface area (Å²) >= 11 is 0. The number of hydrogen-bond acceptors (Lipinski definition) is 5. The van der Waals surface area contributed by atoms with Crippen LogP contribution in [0.4, 0.5) is 5.82 Å². The molecule has 0 saturated heterocycles. The topological polar surface area (TPSA) is 91.5 Å². The molecule has 2 heterocycles. The molecule has 1 aliphatic carbocycles. The molecule has 0 spiro atoms. The molecule has 182 valence electrons. The van der Waals surface area contributed by atoms with E-state index >= 15 is 0 Å². The first-order chi connectivity index (χ1) is 17.0. The summed E-state index contributed by atoms with van der Waals surface area (Å²) in [6, 6.07) is 18.5. The highest BCUT2D eigenvalue weighted by molar-refractivity contribution is 5.85. The Morgan fingerprint density at radius 3 is 2.54 bits per heavy atom. The van der Waals surface area contributed by atoms with Crippen molar-refractivity contribution in [2.75, 3.05) is 5.73 Å². The van der Waals surface area contributed by atoms with Gasteiger partial charge in [-0.15, -0.1) is 0 Å². The number of hydrogen-bond donors (Lipinski definition) is 2. The zero-order valence-corrected chi connectivity index (χ0v) is 20.6. The van der Waals surface area contributed by atoms with Gasteiger partial charge in [-0.2, -0.15) is 0 Å². The van der Waals surface area contributed by atoms with E-state index in [0.29, 0.717) is 30.2 Å². The van der Waals surface area contributed by atoms with Crippen molar-refractivity contribution in [1.29, 1.82) is 0 Å². The summed E-state index contributed by atoms with van der Waals surface area (Å²) in [4.78, 5) is 9.54. The van der Waals surface area contributed by atoms with Crippen LogP contribution in [-0.4, -0.2) is 20.4 Å². The molecule has 4 aromatic rings. The maximum Gasteiger partial charge on any atom is 0.150 e. The Morgan fingerprint density at radius 2 is 1.80 bits per heavy atom. The summed E-state index contributed by atoms with van der Waals surface area (Å²) in [5, 5.41) is 0. The van der Waals surface area contributed by atoms with Crippen molar-refractivity contribution < 1.29 is 4.74 Å². The van der Waals surface area contributed by atoms with Crippen LogP contribution in [-0.2, 0) is 6.61 Å². The minimum atomic E-state index is 0.266. The number of imidazole rings is 1. The van der Waals surface area contributed by atoms with Crippen molar-refractivity contribution in [2.24, 2.45) is 17.6 Å². The first kappa shape index (κ1) is 23.4. The Hall–Kier alpha value is -3.38. The molecular weight excluding hydrogens is 434 g/mol. The van der Waals surface area contributed by atoms with E-state index in [0.717, 1.165) is 59.6 Å². The first-order valence-electron chi connectivity index (χ1n) is 12.7. The van der Waals surface area contributed by atoms with Crippen molar-refractivity contribution >= 4 is 11.3 Å².